The second-order valence-corrected chi connectivity index (χ2v) is 5.14. The quantitative estimate of drug-likeness (QED) is 0.741. The molecule has 0 aromatic heterocycles. The molecule has 0 fully saturated rings. The van der Waals surface area contributed by atoms with E-state index in [9.17, 15) is 14.7 Å². The van der Waals surface area contributed by atoms with E-state index in [-0.39, 0.29) is 5.75 Å². The number of amides is 2. The summed E-state index contributed by atoms with van der Waals surface area (Å²) in [6.45, 7) is 2.31. The number of benzene rings is 2. The largest absolute Gasteiger partial charge is 0.508 e. The number of aromatic hydroxyl groups is 1. The van der Waals surface area contributed by atoms with Crippen LogP contribution < -0.4 is 10.6 Å². The number of nitrogens with one attached hydrogen (secondary N) is 2. The van der Waals surface area contributed by atoms with Crippen LogP contribution in [-0.4, -0.2) is 23.5 Å². The Labute approximate surface area is 135 Å². The number of hydrogen-bond donors (Lipinski definition) is 3. The van der Waals surface area contributed by atoms with Crippen LogP contribution in [-0.2, 0) is 22.4 Å². The third-order valence-corrected chi connectivity index (χ3v) is 3.46. The normalized spacial score (nSPS) is 10.1. The molecule has 2 rings (SSSR count). The zero-order valence-electron chi connectivity index (χ0n) is 13.0. The van der Waals surface area contributed by atoms with Gasteiger partial charge in [-0.15, -0.1) is 0 Å². The Morgan fingerprint density at radius 1 is 1.04 bits per heavy atom. The van der Waals surface area contributed by atoms with Crippen LogP contribution in [0, 0.1) is 0 Å². The highest BCUT2D eigenvalue weighted by molar-refractivity contribution is 6.39. The van der Waals surface area contributed by atoms with Gasteiger partial charge in [0.15, 0.2) is 0 Å². The minimum absolute atomic E-state index is 0.183. The molecule has 0 unspecified atom stereocenters. The lowest BCUT2D eigenvalue weighted by atomic mass is 10.1. The monoisotopic (exact) mass is 312 g/mol. The lowest BCUT2D eigenvalue weighted by molar-refractivity contribution is -0.136. The van der Waals surface area contributed by atoms with Crippen molar-refractivity contribution in [2.75, 3.05) is 11.9 Å². The lowest BCUT2D eigenvalue weighted by Crippen LogP contribution is -2.36. The van der Waals surface area contributed by atoms with E-state index >= 15 is 0 Å². The Kier molecular flexibility index (Phi) is 5.74. The van der Waals surface area contributed by atoms with Gasteiger partial charge >= 0.3 is 11.8 Å². The van der Waals surface area contributed by atoms with Gasteiger partial charge in [-0.1, -0.05) is 37.3 Å². The van der Waals surface area contributed by atoms with Gasteiger partial charge in [-0.2, -0.15) is 0 Å². The number of phenolic OH excluding ortho intramolecular Hbond substituents is 1. The fraction of sp³-hybridized carbons (Fsp3) is 0.222. The van der Waals surface area contributed by atoms with Crippen LogP contribution >= 0.6 is 0 Å². The molecule has 0 aliphatic rings. The van der Waals surface area contributed by atoms with Gasteiger partial charge in [0.05, 0.1) is 0 Å². The summed E-state index contributed by atoms with van der Waals surface area (Å²) in [6.07, 6.45) is 1.31. The van der Waals surface area contributed by atoms with Crippen LogP contribution in [0.2, 0.25) is 0 Å². The Balaban J connectivity index is 1.84. The van der Waals surface area contributed by atoms with Gasteiger partial charge in [0.25, 0.3) is 0 Å². The Hall–Kier alpha value is -2.82. The molecule has 0 heterocycles. The zero-order valence-corrected chi connectivity index (χ0v) is 13.0. The Bertz CT molecular complexity index is 698. The first kappa shape index (κ1) is 16.5. The summed E-state index contributed by atoms with van der Waals surface area (Å²) < 4.78 is 0. The lowest BCUT2D eigenvalue weighted by Gasteiger charge is -2.10. The number of aryl methyl sites for hydroxylation is 1. The van der Waals surface area contributed by atoms with E-state index in [1.807, 2.05) is 31.2 Å². The minimum atomic E-state index is -0.679. The zero-order chi connectivity index (χ0) is 16.7. The molecule has 120 valence electrons. The second-order valence-electron chi connectivity index (χ2n) is 5.14. The fourth-order valence-corrected chi connectivity index (χ4v) is 2.24. The number of carbonyl (C=O) groups excluding carboxylic acids is 2. The molecule has 0 aliphatic carbocycles. The van der Waals surface area contributed by atoms with Gasteiger partial charge < -0.3 is 15.7 Å². The predicted molar refractivity (Wildman–Crippen MR) is 89.3 cm³/mol. The summed E-state index contributed by atoms with van der Waals surface area (Å²) in [5, 5.41) is 14.6. The van der Waals surface area contributed by atoms with Crippen molar-refractivity contribution in [3.8, 4) is 5.75 Å². The third kappa shape index (κ3) is 4.85. The van der Waals surface area contributed by atoms with Crippen LogP contribution in [0.5, 0.6) is 5.75 Å². The van der Waals surface area contributed by atoms with E-state index in [0.29, 0.717) is 18.7 Å². The highest BCUT2D eigenvalue weighted by atomic mass is 16.3. The van der Waals surface area contributed by atoms with Crippen LogP contribution in [0.4, 0.5) is 5.69 Å². The molecule has 0 atom stereocenters. The van der Waals surface area contributed by atoms with E-state index in [2.05, 4.69) is 10.6 Å². The second kappa shape index (κ2) is 7.98. The average Bonchev–Trinajstić information content (AvgIpc) is 2.55. The number of hydrogen-bond acceptors (Lipinski definition) is 3. The Morgan fingerprint density at radius 2 is 1.83 bits per heavy atom. The van der Waals surface area contributed by atoms with Crippen LogP contribution in [0.25, 0.3) is 0 Å². The number of rotatable bonds is 5. The number of para-hydroxylation sites is 1. The summed E-state index contributed by atoms with van der Waals surface area (Å²) in [7, 11) is 0. The van der Waals surface area contributed by atoms with Crippen molar-refractivity contribution in [1.82, 2.24) is 5.32 Å². The highest BCUT2D eigenvalue weighted by Crippen LogP contribution is 2.15. The molecule has 0 radical (unpaired) electrons. The number of carbonyl (C=O) groups is 2. The number of phenols is 1. The molecule has 2 amide bonds. The summed E-state index contributed by atoms with van der Waals surface area (Å²) in [5.74, 6) is -1.17. The summed E-state index contributed by atoms with van der Waals surface area (Å²) in [5.41, 5.74) is 2.53. The van der Waals surface area contributed by atoms with Crippen LogP contribution in [0.1, 0.15) is 18.1 Å². The van der Waals surface area contributed by atoms with Gasteiger partial charge in [0.2, 0.25) is 0 Å². The van der Waals surface area contributed by atoms with Gasteiger partial charge in [-0.05, 0) is 42.2 Å². The summed E-state index contributed by atoms with van der Waals surface area (Å²) >= 11 is 0. The maximum atomic E-state index is 11.9. The fourth-order valence-electron chi connectivity index (χ4n) is 2.24. The molecule has 5 nitrogen and oxygen atoms in total. The molecule has 0 aliphatic heterocycles. The van der Waals surface area contributed by atoms with Gasteiger partial charge in [-0.3, -0.25) is 9.59 Å². The molecule has 5 heteroatoms. The molecule has 2 aromatic carbocycles. The molecular formula is C18H20N2O3. The van der Waals surface area contributed by atoms with Gasteiger partial charge in [-0.25, -0.2) is 0 Å². The summed E-state index contributed by atoms with van der Waals surface area (Å²) in [6, 6.07) is 14.2. The SMILES string of the molecule is CCc1ccccc1NC(=O)C(=O)NCCc1cccc(O)c1. The van der Waals surface area contributed by atoms with Crippen molar-refractivity contribution < 1.29 is 14.7 Å². The van der Waals surface area contributed by atoms with E-state index in [0.717, 1.165) is 17.5 Å². The first-order chi connectivity index (χ1) is 11.1. The molecule has 0 spiro atoms. The van der Waals surface area contributed by atoms with Crippen molar-refractivity contribution in [1.29, 1.82) is 0 Å². The standard InChI is InChI=1S/C18H20N2O3/c1-2-14-7-3-4-9-16(14)20-18(23)17(22)19-11-10-13-6-5-8-15(21)12-13/h3-9,12,21H,2,10-11H2,1H3,(H,19,22)(H,20,23). The molecular weight excluding hydrogens is 292 g/mol. The molecule has 0 saturated heterocycles. The molecule has 23 heavy (non-hydrogen) atoms. The molecule has 0 bridgehead atoms. The first-order valence-corrected chi connectivity index (χ1v) is 7.55. The first-order valence-electron chi connectivity index (χ1n) is 7.55. The maximum Gasteiger partial charge on any atom is 0.313 e. The third-order valence-electron chi connectivity index (χ3n) is 3.46. The van der Waals surface area contributed by atoms with E-state index < -0.39 is 11.8 Å². The van der Waals surface area contributed by atoms with Crippen molar-refractivity contribution in [3.05, 3.63) is 59.7 Å². The van der Waals surface area contributed by atoms with Crippen molar-refractivity contribution in [2.45, 2.75) is 19.8 Å². The molecule has 0 saturated carbocycles. The summed E-state index contributed by atoms with van der Waals surface area (Å²) in [4.78, 5) is 23.7. The Morgan fingerprint density at radius 3 is 2.57 bits per heavy atom. The number of anilines is 1. The van der Waals surface area contributed by atoms with Gasteiger partial charge in [0, 0.05) is 12.2 Å². The van der Waals surface area contributed by atoms with Crippen LogP contribution in [0.3, 0.4) is 0 Å². The predicted octanol–water partition coefficient (Wildman–Crippen LogP) is 2.25. The van der Waals surface area contributed by atoms with E-state index in [4.69, 9.17) is 0 Å². The topological polar surface area (TPSA) is 78.4 Å². The molecule has 3 N–H and O–H groups in total. The van der Waals surface area contributed by atoms with Crippen LogP contribution in [0.15, 0.2) is 48.5 Å². The highest BCUT2D eigenvalue weighted by Gasteiger charge is 2.14. The van der Waals surface area contributed by atoms with Crippen molar-refractivity contribution >= 4 is 17.5 Å². The van der Waals surface area contributed by atoms with Crippen molar-refractivity contribution in [3.63, 3.8) is 0 Å². The molecule has 2 aromatic rings. The smallest absolute Gasteiger partial charge is 0.313 e. The van der Waals surface area contributed by atoms with E-state index in [1.54, 1.807) is 24.3 Å². The average molecular weight is 312 g/mol. The van der Waals surface area contributed by atoms with Gasteiger partial charge in [0.1, 0.15) is 5.75 Å². The van der Waals surface area contributed by atoms with E-state index in [1.165, 1.54) is 0 Å². The van der Waals surface area contributed by atoms with Crippen molar-refractivity contribution in [2.24, 2.45) is 0 Å². The minimum Gasteiger partial charge on any atom is -0.508 e. The maximum absolute atomic E-state index is 11.9.